The van der Waals surface area contributed by atoms with Crippen molar-refractivity contribution in [3.8, 4) is 11.5 Å². The molecule has 37 heavy (non-hydrogen) atoms. The maximum atomic E-state index is 14.5. The molecular weight excluding hydrogens is 461 g/mol. The van der Waals surface area contributed by atoms with Crippen LogP contribution in [-0.2, 0) is 13.0 Å². The minimum Gasteiger partial charge on any atom is -0.493 e. The van der Waals surface area contributed by atoms with E-state index >= 15 is 0 Å². The highest BCUT2D eigenvalue weighted by Gasteiger charge is 2.28. The summed E-state index contributed by atoms with van der Waals surface area (Å²) in [6.45, 7) is 3.78. The van der Waals surface area contributed by atoms with E-state index in [2.05, 4.69) is 23.6 Å². The molecule has 0 unspecified atom stereocenters. The molecule has 0 radical (unpaired) electrons. The molecule has 0 bridgehead atoms. The number of methoxy groups -OCH3 is 2. The van der Waals surface area contributed by atoms with E-state index < -0.39 is 0 Å². The van der Waals surface area contributed by atoms with Crippen molar-refractivity contribution in [3.05, 3.63) is 58.9 Å². The summed E-state index contributed by atoms with van der Waals surface area (Å²) in [5, 5.41) is 0. The van der Waals surface area contributed by atoms with Gasteiger partial charge in [0.1, 0.15) is 12.4 Å². The van der Waals surface area contributed by atoms with Gasteiger partial charge in [0.15, 0.2) is 23.8 Å². The standard InChI is InChI=1S/C33H49FNO2/c1-4-5-6-7-8-9-10-11-12-13-14-15-16-21-31-29-25-33(37-3)32(36-2)24-27(29)22-23-35(31)26-28-19-17-18-20-30(28)34/h17-20,24-25H,4-16,21-23,26H2,1-3H3/q+1. The van der Waals surface area contributed by atoms with Crippen molar-refractivity contribution < 1.29 is 18.4 Å². The lowest BCUT2D eigenvalue weighted by atomic mass is 9.92. The van der Waals surface area contributed by atoms with Gasteiger partial charge in [0.05, 0.1) is 19.8 Å². The van der Waals surface area contributed by atoms with Crippen molar-refractivity contribution >= 4 is 5.71 Å². The Bertz CT molecular complexity index is 984. The highest BCUT2D eigenvalue weighted by atomic mass is 19.1. The molecule has 0 N–H and O–H groups in total. The number of ether oxygens (including phenoxy) is 2. The molecule has 2 aromatic carbocycles. The van der Waals surface area contributed by atoms with Gasteiger partial charge in [-0.2, -0.15) is 0 Å². The number of nitrogens with zero attached hydrogens (tertiary/aromatic N) is 1. The molecular formula is C33H49FNO2+. The number of halogens is 1. The van der Waals surface area contributed by atoms with Gasteiger partial charge in [-0.25, -0.2) is 8.97 Å². The largest absolute Gasteiger partial charge is 0.493 e. The summed E-state index contributed by atoms with van der Waals surface area (Å²) < 4.78 is 28.1. The average Bonchev–Trinajstić information content (AvgIpc) is 2.92. The number of rotatable bonds is 18. The lowest BCUT2D eigenvalue weighted by Crippen LogP contribution is -2.30. The highest BCUT2D eigenvalue weighted by Crippen LogP contribution is 2.33. The predicted molar refractivity (Wildman–Crippen MR) is 153 cm³/mol. The van der Waals surface area contributed by atoms with Crippen LogP contribution in [0.5, 0.6) is 11.5 Å². The van der Waals surface area contributed by atoms with Crippen LogP contribution in [0.2, 0.25) is 0 Å². The molecule has 0 fully saturated rings. The number of unbranched alkanes of at least 4 members (excludes halogenated alkanes) is 12. The first-order valence-electron chi connectivity index (χ1n) is 14.8. The predicted octanol–water partition coefficient (Wildman–Crippen LogP) is 8.88. The fourth-order valence-electron chi connectivity index (χ4n) is 5.57. The van der Waals surface area contributed by atoms with Crippen LogP contribution in [0.15, 0.2) is 36.4 Å². The van der Waals surface area contributed by atoms with E-state index in [0.29, 0.717) is 6.54 Å². The summed E-state index contributed by atoms with van der Waals surface area (Å²) in [5.41, 5.74) is 4.61. The first kappa shape index (κ1) is 29.2. The Morgan fingerprint density at radius 2 is 1.32 bits per heavy atom. The molecule has 0 saturated carbocycles. The molecule has 0 amide bonds. The fourth-order valence-corrected chi connectivity index (χ4v) is 5.57. The van der Waals surface area contributed by atoms with Crippen molar-refractivity contribution in [2.24, 2.45) is 0 Å². The summed E-state index contributed by atoms with van der Waals surface area (Å²) in [4.78, 5) is 0. The average molecular weight is 511 g/mol. The second kappa shape index (κ2) is 16.5. The molecule has 204 valence electrons. The van der Waals surface area contributed by atoms with Crippen LogP contribution in [-0.4, -0.2) is 31.1 Å². The van der Waals surface area contributed by atoms with Crippen LogP contribution in [0.1, 0.15) is 114 Å². The van der Waals surface area contributed by atoms with Gasteiger partial charge >= 0.3 is 0 Å². The Hall–Kier alpha value is -2.36. The van der Waals surface area contributed by atoms with Gasteiger partial charge in [-0.3, -0.25) is 0 Å². The topological polar surface area (TPSA) is 21.5 Å². The monoisotopic (exact) mass is 510 g/mol. The van der Waals surface area contributed by atoms with Gasteiger partial charge in [0.2, 0.25) is 0 Å². The van der Waals surface area contributed by atoms with E-state index in [1.54, 1.807) is 26.4 Å². The van der Waals surface area contributed by atoms with E-state index in [4.69, 9.17) is 9.47 Å². The van der Waals surface area contributed by atoms with Crippen molar-refractivity contribution in [3.63, 3.8) is 0 Å². The third kappa shape index (κ3) is 9.16. The lowest BCUT2D eigenvalue weighted by Gasteiger charge is -2.21. The van der Waals surface area contributed by atoms with Gasteiger partial charge in [0, 0.05) is 18.4 Å². The third-order valence-electron chi connectivity index (χ3n) is 7.79. The zero-order valence-electron chi connectivity index (χ0n) is 23.6. The molecule has 1 heterocycles. The molecule has 0 aliphatic carbocycles. The van der Waals surface area contributed by atoms with E-state index in [0.717, 1.165) is 42.9 Å². The minimum atomic E-state index is -0.124. The Morgan fingerprint density at radius 3 is 1.92 bits per heavy atom. The Labute approximate surface area is 225 Å². The molecule has 0 aromatic heterocycles. The van der Waals surface area contributed by atoms with Crippen LogP contribution in [0.25, 0.3) is 0 Å². The Kier molecular flexibility index (Phi) is 13.0. The van der Waals surface area contributed by atoms with Crippen molar-refractivity contribution in [1.82, 2.24) is 0 Å². The van der Waals surface area contributed by atoms with Gasteiger partial charge in [-0.05, 0) is 36.2 Å². The normalized spacial score (nSPS) is 13.1. The van der Waals surface area contributed by atoms with Crippen LogP contribution < -0.4 is 9.47 Å². The third-order valence-corrected chi connectivity index (χ3v) is 7.79. The van der Waals surface area contributed by atoms with Gasteiger partial charge in [-0.1, -0.05) is 96.1 Å². The second-order valence-corrected chi connectivity index (χ2v) is 10.6. The number of hydrogen-bond donors (Lipinski definition) is 0. The molecule has 1 aliphatic rings. The van der Waals surface area contributed by atoms with E-state index in [1.807, 2.05) is 12.1 Å². The molecule has 1 aliphatic heterocycles. The zero-order valence-corrected chi connectivity index (χ0v) is 23.6. The van der Waals surface area contributed by atoms with Crippen LogP contribution in [0.4, 0.5) is 4.39 Å². The minimum absolute atomic E-state index is 0.124. The Balaban J connectivity index is 1.55. The number of benzene rings is 2. The van der Waals surface area contributed by atoms with E-state index in [-0.39, 0.29) is 5.82 Å². The second-order valence-electron chi connectivity index (χ2n) is 10.6. The SMILES string of the molecule is CCCCCCCCCCCCCCCC1=[N+](Cc2ccccc2F)CCc2cc(OC)c(OC)cc21. The Morgan fingerprint density at radius 1 is 0.757 bits per heavy atom. The number of fused-ring (bicyclic) bond motifs is 1. The van der Waals surface area contributed by atoms with Gasteiger partial charge in [0.25, 0.3) is 0 Å². The van der Waals surface area contributed by atoms with Crippen LogP contribution in [0.3, 0.4) is 0 Å². The molecule has 0 saturated heterocycles. The maximum Gasteiger partial charge on any atom is 0.184 e. The van der Waals surface area contributed by atoms with Gasteiger partial charge in [-0.15, -0.1) is 0 Å². The van der Waals surface area contributed by atoms with Gasteiger partial charge < -0.3 is 9.47 Å². The first-order valence-corrected chi connectivity index (χ1v) is 14.8. The summed E-state index contributed by atoms with van der Waals surface area (Å²) in [7, 11) is 3.38. The maximum absolute atomic E-state index is 14.5. The quantitative estimate of drug-likeness (QED) is 0.147. The molecule has 0 atom stereocenters. The molecule has 4 heteroatoms. The summed E-state index contributed by atoms with van der Waals surface area (Å²) in [6, 6.07) is 11.4. The summed E-state index contributed by atoms with van der Waals surface area (Å²) in [5.74, 6) is 1.42. The fraction of sp³-hybridized carbons (Fsp3) is 0.606. The van der Waals surface area contributed by atoms with Crippen molar-refractivity contribution in [2.45, 2.75) is 110 Å². The molecule has 3 nitrogen and oxygen atoms in total. The summed E-state index contributed by atoms with van der Waals surface area (Å²) in [6.07, 6.45) is 19.5. The van der Waals surface area contributed by atoms with Crippen molar-refractivity contribution in [2.75, 3.05) is 20.8 Å². The molecule has 2 aromatic rings. The zero-order chi connectivity index (χ0) is 26.3. The van der Waals surface area contributed by atoms with Crippen LogP contribution in [0, 0.1) is 5.82 Å². The summed E-state index contributed by atoms with van der Waals surface area (Å²) >= 11 is 0. The molecule has 0 spiro atoms. The first-order chi connectivity index (χ1) is 18.2. The van der Waals surface area contributed by atoms with Crippen LogP contribution >= 0.6 is 0 Å². The molecule has 3 rings (SSSR count). The smallest absolute Gasteiger partial charge is 0.184 e. The number of hydrogen-bond acceptors (Lipinski definition) is 2. The lowest BCUT2D eigenvalue weighted by molar-refractivity contribution is -0.546. The van der Waals surface area contributed by atoms with Crippen molar-refractivity contribution in [1.29, 1.82) is 0 Å². The van der Waals surface area contributed by atoms with E-state index in [9.17, 15) is 4.39 Å². The van der Waals surface area contributed by atoms with E-state index in [1.165, 1.54) is 93.9 Å². The highest BCUT2D eigenvalue weighted by molar-refractivity contribution is 5.99.